The highest BCUT2D eigenvalue weighted by Gasteiger charge is 2.48. The van der Waals surface area contributed by atoms with Crippen LogP contribution in [0.25, 0.3) is 0 Å². The first-order valence-electron chi connectivity index (χ1n) is 9.67. The number of carbonyl (C=O) groups excluding carboxylic acids is 3. The fraction of sp³-hybridized carbons (Fsp3) is 0.318. The Balaban J connectivity index is 1.67. The summed E-state index contributed by atoms with van der Waals surface area (Å²) in [5.74, 6) is 0.0873. The average molecular weight is 410 g/mol. The zero-order chi connectivity index (χ0) is 20.6. The molecule has 2 heterocycles. The van der Waals surface area contributed by atoms with Crippen LogP contribution in [0, 0.1) is 0 Å². The van der Waals surface area contributed by atoms with Gasteiger partial charge in [-0.05, 0) is 31.0 Å². The largest absolute Gasteiger partial charge is 0.325 e. The van der Waals surface area contributed by atoms with Crippen molar-refractivity contribution in [2.24, 2.45) is 0 Å². The maximum absolute atomic E-state index is 13.4. The lowest BCUT2D eigenvalue weighted by molar-refractivity contribution is -0.134. The predicted molar refractivity (Wildman–Crippen MR) is 113 cm³/mol. The SMILES string of the molecule is CC[C@]1(C)NC(=O)N(CC(=O)N2c3ccccc3SC[C@H]2c2ccccc2)C1=O. The van der Waals surface area contributed by atoms with Crippen molar-refractivity contribution in [2.45, 2.75) is 36.7 Å². The molecule has 2 aliphatic heterocycles. The number of urea groups is 1. The third kappa shape index (κ3) is 3.40. The Kier molecular flexibility index (Phi) is 5.08. The normalized spacial score (nSPS) is 23.7. The Hall–Kier alpha value is -2.80. The van der Waals surface area contributed by atoms with Gasteiger partial charge in [-0.3, -0.25) is 14.5 Å². The van der Waals surface area contributed by atoms with Crippen LogP contribution in [-0.4, -0.2) is 40.6 Å². The van der Waals surface area contributed by atoms with Crippen molar-refractivity contribution < 1.29 is 14.4 Å². The molecule has 6 nitrogen and oxygen atoms in total. The molecule has 1 N–H and O–H groups in total. The Labute approximate surface area is 174 Å². The molecule has 1 saturated heterocycles. The van der Waals surface area contributed by atoms with Crippen molar-refractivity contribution in [3.05, 3.63) is 60.2 Å². The third-order valence-electron chi connectivity index (χ3n) is 5.63. The summed E-state index contributed by atoms with van der Waals surface area (Å²) in [4.78, 5) is 42.4. The van der Waals surface area contributed by atoms with E-state index < -0.39 is 11.6 Å². The van der Waals surface area contributed by atoms with Gasteiger partial charge in [-0.15, -0.1) is 11.8 Å². The lowest BCUT2D eigenvalue weighted by Crippen LogP contribution is -2.47. The molecule has 0 aliphatic carbocycles. The molecule has 0 saturated carbocycles. The van der Waals surface area contributed by atoms with Crippen LogP contribution in [0.2, 0.25) is 0 Å². The van der Waals surface area contributed by atoms with E-state index in [-0.39, 0.29) is 24.4 Å². The molecule has 0 unspecified atom stereocenters. The number of benzene rings is 2. The fourth-order valence-electron chi connectivity index (χ4n) is 3.76. The van der Waals surface area contributed by atoms with Crippen molar-refractivity contribution >= 4 is 35.3 Å². The molecule has 0 spiro atoms. The summed E-state index contributed by atoms with van der Waals surface area (Å²) < 4.78 is 0. The van der Waals surface area contributed by atoms with Gasteiger partial charge >= 0.3 is 6.03 Å². The van der Waals surface area contributed by atoms with Gasteiger partial charge < -0.3 is 10.2 Å². The Morgan fingerprint density at radius 1 is 1.14 bits per heavy atom. The van der Waals surface area contributed by atoms with Crippen LogP contribution >= 0.6 is 11.8 Å². The Morgan fingerprint density at radius 3 is 2.52 bits per heavy atom. The highest BCUT2D eigenvalue weighted by molar-refractivity contribution is 7.99. The number of hydrogen-bond donors (Lipinski definition) is 1. The van der Waals surface area contributed by atoms with Gasteiger partial charge in [-0.2, -0.15) is 0 Å². The van der Waals surface area contributed by atoms with Crippen LogP contribution in [-0.2, 0) is 9.59 Å². The number of nitrogens with one attached hydrogen (secondary N) is 1. The number of imide groups is 1. The van der Waals surface area contributed by atoms with Crippen LogP contribution < -0.4 is 10.2 Å². The van der Waals surface area contributed by atoms with E-state index in [0.29, 0.717) is 12.2 Å². The molecular formula is C22H23N3O3S. The molecule has 4 amide bonds. The number of nitrogens with zero attached hydrogens (tertiary/aromatic N) is 2. The second kappa shape index (κ2) is 7.55. The van der Waals surface area contributed by atoms with Gasteiger partial charge in [0.2, 0.25) is 5.91 Å². The van der Waals surface area contributed by atoms with E-state index in [0.717, 1.165) is 21.0 Å². The van der Waals surface area contributed by atoms with Crippen LogP contribution in [0.1, 0.15) is 31.9 Å². The van der Waals surface area contributed by atoms with E-state index in [1.165, 1.54) is 0 Å². The van der Waals surface area contributed by atoms with Gasteiger partial charge in [-0.25, -0.2) is 4.79 Å². The lowest BCUT2D eigenvalue weighted by Gasteiger charge is -2.37. The number of rotatable bonds is 4. The monoisotopic (exact) mass is 409 g/mol. The quantitative estimate of drug-likeness (QED) is 0.784. The number of para-hydroxylation sites is 1. The molecule has 0 bridgehead atoms. The summed E-state index contributed by atoms with van der Waals surface area (Å²) in [5, 5.41) is 2.71. The van der Waals surface area contributed by atoms with Crippen molar-refractivity contribution in [2.75, 3.05) is 17.2 Å². The first kappa shape index (κ1) is 19.5. The van der Waals surface area contributed by atoms with Crippen LogP contribution in [0.5, 0.6) is 0 Å². The molecule has 7 heteroatoms. The summed E-state index contributed by atoms with van der Waals surface area (Å²) in [6.07, 6.45) is 0.470. The number of thioether (sulfide) groups is 1. The highest BCUT2D eigenvalue weighted by Crippen LogP contribution is 2.43. The molecule has 0 aromatic heterocycles. The number of hydrogen-bond acceptors (Lipinski definition) is 4. The minimum Gasteiger partial charge on any atom is -0.323 e. The van der Waals surface area contributed by atoms with Gasteiger partial charge in [0.1, 0.15) is 12.1 Å². The molecule has 2 aromatic carbocycles. The minimum atomic E-state index is -0.953. The molecule has 0 radical (unpaired) electrons. The smallest absolute Gasteiger partial charge is 0.323 e. The minimum absolute atomic E-state index is 0.165. The predicted octanol–water partition coefficient (Wildman–Crippen LogP) is 3.59. The molecule has 29 heavy (non-hydrogen) atoms. The highest BCUT2D eigenvalue weighted by atomic mass is 32.2. The summed E-state index contributed by atoms with van der Waals surface area (Å²) in [7, 11) is 0. The molecule has 1 fully saturated rings. The summed E-state index contributed by atoms with van der Waals surface area (Å²) in [6.45, 7) is 3.26. The van der Waals surface area contributed by atoms with E-state index in [2.05, 4.69) is 5.32 Å². The number of anilines is 1. The summed E-state index contributed by atoms with van der Waals surface area (Å²) in [5.41, 5.74) is 0.887. The van der Waals surface area contributed by atoms with Crippen LogP contribution in [0.15, 0.2) is 59.5 Å². The van der Waals surface area contributed by atoms with Crippen molar-refractivity contribution in [1.82, 2.24) is 10.2 Å². The van der Waals surface area contributed by atoms with E-state index in [4.69, 9.17) is 0 Å². The zero-order valence-electron chi connectivity index (χ0n) is 16.4. The lowest BCUT2D eigenvalue weighted by atomic mass is 9.99. The third-order valence-corrected chi connectivity index (χ3v) is 6.77. The Morgan fingerprint density at radius 2 is 1.83 bits per heavy atom. The summed E-state index contributed by atoms with van der Waals surface area (Å²) >= 11 is 1.71. The molecular weight excluding hydrogens is 386 g/mol. The fourth-order valence-corrected chi connectivity index (χ4v) is 4.93. The molecule has 2 aromatic rings. The second-order valence-corrected chi connectivity index (χ2v) is 8.54. The maximum atomic E-state index is 13.4. The Bertz CT molecular complexity index is 965. The van der Waals surface area contributed by atoms with Crippen LogP contribution in [0.4, 0.5) is 10.5 Å². The van der Waals surface area contributed by atoms with Gasteiger partial charge in [0.15, 0.2) is 0 Å². The molecule has 2 aliphatic rings. The molecule has 4 rings (SSSR count). The first-order valence-corrected chi connectivity index (χ1v) is 10.7. The van der Waals surface area contributed by atoms with E-state index in [1.54, 1.807) is 23.6 Å². The van der Waals surface area contributed by atoms with Crippen molar-refractivity contribution in [3.8, 4) is 0 Å². The topological polar surface area (TPSA) is 69.7 Å². The van der Waals surface area contributed by atoms with Crippen LogP contribution in [0.3, 0.4) is 0 Å². The summed E-state index contributed by atoms with van der Waals surface area (Å²) in [6, 6.07) is 16.9. The maximum Gasteiger partial charge on any atom is 0.325 e. The van der Waals surface area contributed by atoms with E-state index >= 15 is 0 Å². The molecule has 2 atom stereocenters. The van der Waals surface area contributed by atoms with Crippen molar-refractivity contribution in [3.63, 3.8) is 0 Å². The average Bonchev–Trinajstić information content (AvgIpc) is 2.97. The van der Waals surface area contributed by atoms with E-state index in [9.17, 15) is 14.4 Å². The standard InChI is InChI=1S/C22H23N3O3S/c1-3-22(2)20(27)24(21(28)23-22)13-19(26)25-16-11-7-8-12-18(16)29-14-17(25)15-9-5-4-6-10-15/h4-12,17H,3,13-14H2,1-2H3,(H,23,28)/t17-,22-/m0/s1. The number of fused-ring (bicyclic) bond motifs is 1. The van der Waals surface area contributed by atoms with E-state index in [1.807, 2.05) is 61.5 Å². The van der Waals surface area contributed by atoms with Gasteiger partial charge in [0, 0.05) is 10.6 Å². The molecule has 150 valence electrons. The second-order valence-electron chi connectivity index (χ2n) is 7.48. The number of amides is 4. The first-order chi connectivity index (χ1) is 13.9. The van der Waals surface area contributed by atoms with Crippen molar-refractivity contribution in [1.29, 1.82) is 0 Å². The zero-order valence-corrected chi connectivity index (χ0v) is 17.2. The van der Waals surface area contributed by atoms with Gasteiger partial charge in [0.25, 0.3) is 5.91 Å². The van der Waals surface area contributed by atoms with Gasteiger partial charge in [0.05, 0.1) is 11.7 Å². The van der Waals surface area contributed by atoms with Gasteiger partial charge in [-0.1, -0.05) is 49.4 Å². The number of carbonyl (C=O) groups is 3.